The molecule has 2 heterocycles. The zero-order valence-electron chi connectivity index (χ0n) is 12.6. The molecule has 0 saturated carbocycles. The van der Waals surface area contributed by atoms with E-state index in [2.05, 4.69) is 0 Å². The van der Waals surface area contributed by atoms with Gasteiger partial charge in [0.05, 0.1) is 11.9 Å². The second kappa shape index (κ2) is 5.97. The highest BCUT2D eigenvalue weighted by Crippen LogP contribution is 2.24. The van der Waals surface area contributed by atoms with Crippen LogP contribution in [0.1, 0.15) is 35.4 Å². The maximum absolute atomic E-state index is 12.4. The number of hydrogen-bond acceptors (Lipinski definition) is 4. The molecule has 0 aliphatic carbocycles. The standard InChI is InChI=1S/C15H24N2O3/c1-12-5-10-20-13(12)14(18)17-8-4-6-15(19,7-9-17)11-16(2)3/h5,10,19H,4,6-9,11H2,1-3H3. The van der Waals surface area contributed by atoms with E-state index in [1.54, 1.807) is 17.2 Å². The second-order valence-electron chi connectivity index (χ2n) is 6.04. The Morgan fingerprint density at radius 2 is 2.20 bits per heavy atom. The summed E-state index contributed by atoms with van der Waals surface area (Å²) >= 11 is 0. The molecule has 1 aliphatic rings. The lowest BCUT2D eigenvalue weighted by molar-refractivity contribution is 0.00296. The molecule has 0 spiro atoms. The summed E-state index contributed by atoms with van der Waals surface area (Å²) in [6.45, 7) is 3.75. The first kappa shape index (κ1) is 15.1. The van der Waals surface area contributed by atoms with E-state index in [4.69, 9.17) is 4.42 Å². The first-order valence-corrected chi connectivity index (χ1v) is 7.12. The van der Waals surface area contributed by atoms with Gasteiger partial charge in [0.2, 0.25) is 0 Å². The SMILES string of the molecule is Cc1ccoc1C(=O)N1CCCC(O)(CN(C)C)CC1. The minimum atomic E-state index is -0.698. The summed E-state index contributed by atoms with van der Waals surface area (Å²) in [4.78, 5) is 16.2. The number of furan rings is 1. The third-order valence-electron chi connectivity index (χ3n) is 3.87. The average Bonchev–Trinajstić information content (AvgIpc) is 2.68. The number of nitrogens with zero attached hydrogens (tertiary/aromatic N) is 2. The zero-order chi connectivity index (χ0) is 14.8. The topological polar surface area (TPSA) is 56.9 Å². The fraction of sp³-hybridized carbons (Fsp3) is 0.667. The molecule has 1 saturated heterocycles. The molecule has 5 heteroatoms. The maximum atomic E-state index is 12.4. The molecule has 5 nitrogen and oxygen atoms in total. The van der Waals surface area contributed by atoms with Crippen molar-refractivity contribution in [2.24, 2.45) is 0 Å². The lowest BCUT2D eigenvalue weighted by Gasteiger charge is -2.29. The summed E-state index contributed by atoms with van der Waals surface area (Å²) in [6, 6.07) is 1.80. The fourth-order valence-corrected chi connectivity index (χ4v) is 2.86. The summed E-state index contributed by atoms with van der Waals surface area (Å²) in [5.74, 6) is 0.352. The van der Waals surface area contributed by atoms with Crippen LogP contribution in [0, 0.1) is 6.92 Å². The van der Waals surface area contributed by atoms with Gasteiger partial charge in [-0.05, 0) is 46.3 Å². The predicted octanol–water partition coefficient (Wildman–Crippen LogP) is 1.51. The van der Waals surface area contributed by atoms with E-state index in [0.717, 1.165) is 18.4 Å². The van der Waals surface area contributed by atoms with Crippen LogP contribution in [0.3, 0.4) is 0 Å². The Morgan fingerprint density at radius 1 is 1.45 bits per heavy atom. The van der Waals surface area contributed by atoms with Crippen molar-refractivity contribution in [1.29, 1.82) is 0 Å². The van der Waals surface area contributed by atoms with Gasteiger partial charge in [-0.1, -0.05) is 0 Å². The van der Waals surface area contributed by atoms with E-state index < -0.39 is 5.60 Å². The van der Waals surface area contributed by atoms with Gasteiger partial charge in [0.15, 0.2) is 5.76 Å². The van der Waals surface area contributed by atoms with Gasteiger partial charge >= 0.3 is 0 Å². The third kappa shape index (κ3) is 3.41. The number of hydrogen-bond donors (Lipinski definition) is 1. The Hall–Kier alpha value is -1.33. The number of likely N-dealkylation sites (tertiary alicyclic amines) is 1. The van der Waals surface area contributed by atoms with Gasteiger partial charge in [0.25, 0.3) is 5.91 Å². The number of carbonyl (C=O) groups is 1. The molecule has 0 aromatic carbocycles. The molecule has 0 bridgehead atoms. The number of likely N-dealkylation sites (N-methyl/N-ethyl adjacent to an activating group) is 1. The van der Waals surface area contributed by atoms with E-state index in [1.807, 2.05) is 25.9 Å². The highest BCUT2D eigenvalue weighted by atomic mass is 16.3. The third-order valence-corrected chi connectivity index (χ3v) is 3.87. The molecule has 1 aliphatic heterocycles. The Bertz CT molecular complexity index is 469. The summed E-state index contributed by atoms with van der Waals surface area (Å²) < 4.78 is 5.27. The summed E-state index contributed by atoms with van der Waals surface area (Å²) in [5.41, 5.74) is 0.166. The van der Waals surface area contributed by atoms with Gasteiger partial charge in [-0.2, -0.15) is 0 Å². The van der Waals surface area contributed by atoms with E-state index in [9.17, 15) is 9.90 Å². The van der Waals surface area contributed by atoms with Gasteiger partial charge in [0.1, 0.15) is 0 Å². The van der Waals surface area contributed by atoms with Crippen molar-refractivity contribution in [3.8, 4) is 0 Å². The highest BCUT2D eigenvalue weighted by Gasteiger charge is 2.32. The largest absolute Gasteiger partial charge is 0.459 e. The summed E-state index contributed by atoms with van der Waals surface area (Å²) in [7, 11) is 3.91. The monoisotopic (exact) mass is 280 g/mol. The van der Waals surface area contributed by atoms with Crippen LogP contribution in [0.15, 0.2) is 16.7 Å². The second-order valence-corrected chi connectivity index (χ2v) is 6.04. The smallest absolute Gasteiger partial charge is 0.289 e. The van der Waals surface area contributed by atoms with Crippen LogP contribution >= 0.6 is 0 Å². The first-order chi connectivity index (χ1) is 9.41. The number of carbonyl (C=O) groups excluding carboxylic acids is 1. The van der Waals surface area contributed by atoms with E-state index >= 15 is 0 Å². The van der Waals surface area contributed by atoms with Crippen molar-refractivity contribution in [1.82, 2.24) is 9.80 Å². The van der Waals surface area contributed by atoms with E-state index in [-0.39, 0.29) is 5.91 Å². The molecular weight excluding hydrogens is 256 g/mol. The number of amides is 1. The lowest BCUT2D eigenvalue weighted by atomic mass is 9.94. The molecule has 20 heavy (non-hydrogen) atoms. The Labute approximate surface area is 120 Å². The van der Waals surface area contributed by atoms with Gasteiger partial charge in [-0.3, -0.25) is 4.79 Å². The molecule has 1 amide bonds. The minimum Gasteiger partial charge on any atom is -0.459 e. The van der Waals surface area contributed by atoms with Crippen molar-refractivity contribution in [3.63, 3.8) is 0 Å². The van der Waals surface area contributed by atoms with E-state index in [1.165, 1.54) is 0 Å². The fourth-order valence-electron chi connectivity index (χ4n) is 2.86. The van der Waals surface area contributed by atoms with Gasteiger partial charge in [-0.25, -0.2) is 0 Å². The molecule has 2 rings (SSSR count). The highest BCUT2D eigenvalue weighted by molar-refractivity contribution is 5.92. The number of rotatable bonds is 3. The zero-order valence-corrected chi connectivity index (χ0v) is 12.6. The van der Waals surface area contributed by atoms with Crippen molar-refractivity contribution in [2.75, 3.05) is 33.7 Å². The average molecular weight is 280 g/mol. The van der Waals surface area contributed by atoms with Crippen LogP contribution in [-0.4, -0.2) is 60.1 Å². The molecular formula is C15H24N2O3. The van der Waals surface area contributed by atoms with Crippen LogP contribution in [0.25, 0.3) is 0 Å². The Kier molecular flexibility index (Phi) is 4.50. The van der Waals surface area contributed by atoms with Crippen LogP contribution in [0.4, 0.5) is 0 Å². The molecule has 1 N–H and O–H groups in total. The van der Waals surface area contributed by atoms with Crippen LogP contribution in [0.5, 0.6) is 0 Å². The summed E-state index contributed by atoms with van der Waals surface area (Å²) in [5, 5.41) is 10.6. The Balaban J connectivity index is 2.03. The van der Waals surface area contributed by atoms with Crippen LogP contribution in [-0.2, 0) is 0 Å². The van der Waals surface area contributed by atoms with Gasteiger partial charge in [-0.15, -0.1) is 0 Å². The van der Waals surface area contributed by atoms with Crippen molar-refractivity contribution >= 4 is 5.91 Å². The Morgan fingerprint density at radius 3 is 2.80 bits per heavy atom. The van der Waals surface area contributed by atoms with Gasteiger partial charge < -0.3 is 19.3 Å². The van der Waals surface area contributed by atoms with Crippen molar-refractivity contribution < 1.29 is 14.3 Å². The van der Waals surface area contributed by atoms with Crippen molar-refractivity contribution in [2.45, 2.75) is 31.8 Å². The molecule has 112 valence electrons. The lowest BCUT2D eigenvalue weighted by Crippen LogP contribution is -2.41. The van der Waals surface area contributed by atoms with Crippen molar-refractivity contribution in [3.05, 3.63) is 23.7 Å². The normalized spacial score (nSPS) is 23.9. The molecule has 1 atom stereocenters. The summed E-state index contributed by atoms with van der Waals surface area (Å²) in [6.07, 6.45) is 3.70. The van der Waals surface area contributed by atoms with Gasteiger partial charge in [0, 0.05) is 25.2 Å². The maximum Gasteiger partial charge on any atom is 0.289 e. The predicted molar refractivity (Wildman–Crippen MR) is 76.7 cm³/mol. The number of aryl methyl sites for hydroxylation is 1. The van der Waals surface area contributed by atoms with Crippen LogP contribution < -0.4 is 0 Å². The molecule has 1 aromatic heterocycles. The first-order valence-electron chi connectivity index (χ1n) is 7.12. The van der Waals surface area contributed by atoms with E-state index in [0.29, 0.717) is 31.8 Å². The molecule has 1 fully saturated rings. The quantitative estimate of drug-likeness (QED) is 0.912. The molecule has 1 unspecified atom stereocenters. The molecule has 0 radical (unpaired) electrons. The minimum absolute atomic E-state index is 0.0680. The van der Waals surface area contributed by atoms with Crippen LogP contribution in [0.2, 0.25) is 0 Å². The molecule has 1 aromatic rings. The number of aliphatic hydroxyl groups is 1.